The second kappa shape index (κ2) is 4.78. The molecule has 4 nitrogen and oxygen atoms in total. The Morgan fingerprint density at radius 2 is 1.87 bits per heavy atom. The third-order valence-electron chi connectivity index (χ3n) is 3.24. The van der Waals surface area contributed by atoms with Crippen LogP contribution >= 0.6 is 0 Å². The van der Waals surface area contributed by atoms with Gasteiger partial charge in [-0.15, -0.1) is 0 Å². The van der Waals surface area contributed by atoms with Gasteiger partial charge in [0, 0.05) is 31.6 Å². The zero-order valence-corrected chi connectivity index (χ0v) is 9.69. The molecule has 2 fully saturated rings. The summed E-state index contributed by atoms with van der Waals surface area (Å²) in [6, 6.07) is 0.221. The molecule has 0 aromatic rings. The topological polar surface area (TPSA) is 47.7 Å². The molecule has 0 amide bonds. The lowest BCUT2D eigenvalue weighted by molar-refractivity contribution is -0.0718. The minimum absolute atomic E-state index is 0.221. The number of morpholine rings is 1. The smallest absolute Gasteiger partial charge is 0.0678 e. The van der Waals surface area contributed by atoms with Crippen molar-refractivity contribution >= 4 is 0 Å². The van der Waals surface area contributed by atoms with Crippen molar-refractivity contribution in [1.82, 2.24) is 4.90 Å². The maximum atomic E-state index is 5.98. The molecule has 0 aliphatic carbocycles. The molecule has 2 aliphatic heterocycles. The van der Waals surface area contributed by atoms with E-state index < -0.39 is 0 Å². The Morgan fingerprint density at radius 1 is 1.20 bits per heavy atom. The Balaban J connectivity index is 1.83. The molecule has 2 rings (SSSR count). The fourth-order valence-corrected chi connectivity index (χ4v) is 2.57. The first kappa shape index (κ1) is 11.3. The van der Waals surface area contributed by atoms with Crippen LogP contribution in [0, 0.1) is 5.92 Å². The van der Waals surface area contributed by atoms with Crippen LogP contribution in [0.15, 0.2) is 0 Å². The van der Waals surface area contributed by atoms with Crippen LogP contribution in [0.4, 0.5) is 0 Å². The summed E-state index contributed by atoms with van der Waals surface area (Å²) in [5, 5.41) is 0. The number of nitrogens with two attached hydrogens (primary N) is 1. The predicted octanol–water partition coefficient (Wildman–Crippen LogP) is 0.0693. The van der Waals surface area contributed by atoms with E-state index in [1.54, 1.807) is 0 Å². The fraction of sp³-hybridized carbons (Fsp3) is 1.00. The van der Waals surface area contributed by atoms with Gasteiger partial charge in [-0.1, -0.05) is 0 Å². The highest BCUT2D eigenvalue weighted by Gasteiger charge is 2.30. The summed E-state index contributed by atoms with van der Waals surface area (Å²) in [5.74, 6) is 0.502. The van der Waals surface area contributed by atoms with Gasteiger partial charge in [-0.05, 0) is 13.8 Å². The molecule has 2 aliphatic rings. The first-order valence-corrected chi connectivity index (χ1v) is 5.86. The largest absolute Gasteiger partial charge is 0.379 e. The lowest BCUT2D eigenvalue weighted by atomic mass is 10.0. The van der Waals surface area contributed by atoms with Crippen molar-refractivity contribution in [3.63, 3.8) is 0 Å². The van der Waals surface area contributed by atoms with Crippen LogP contribution in [0.25, 0.3) is 0 Å². The molecule has 0 spiro atoms. The van der Waals surface area contributed by atoms with E-state index in [2.05, 4.69) is 18.7 Å². The number of hydrogen-bond acceptors (Lipinski definition) is 4. The minimum Gasteiger partial charge on any atom is -0.379 e. The van der Waals surface area contributed by atoms with Gasteiger partial charge in [0.25, 0.3) is 0 Å². The Bertz CT molecular complexity index is 203. The Labute approximate surface area is 91.7 Å². The molecule has 15 heavy (non-hydrogen) atoms. The molecular weight excluding hydrogens is 192 g/mol. The highest BCUT2D eigenvalue weighted by atomic mass is 16.5. The average molecular weight is 214 g/mol. The molecule has 2 N–H and O–H groups in total. The van der Waals surface area contributed by atoms with Crippen molar-refractivity contribution in [2.75, 3.05) is 32.8 Å². The van der Waals surface area contributed by atoms with Gasteiger partial charge >= 0.3 is 0 Å². The fourth-order valence-electron chi connectivity index (χ4n) is 2.57. The van der Waals surface area contributed by atoms with E-state index in [1.807, 2.05) is 0 Å². The summed E-state index contributed by atoms with van der Waals surface area (Å²) < 4.78 is 11.1. The van der Waals surface area contributed by atoms with Gasteiger partial charge in [0.2, 0.25) is 0 Å². The molecular formula is C11H22N2O2. The van der Waals surface area contributed by atoms with Crippen LogP contribution in [0.2, 0.25) is 0 Å². The summed E-state index contributed by atoms with van der Waals surface area (Å²) in [4.78, 5) is 2.46. The van der Waals surface area contributed by atoms with Crippen LogP contribution in [0.3, 0.4) is 0 Å². The number of ether oxygens (including phenoxy) is 2. The van der Waals surface area contributed by atoms with E-state index >= 15 is 0 Å². The Morgan fingerprint density at radius 3 is 2.40 bits per heavy atom. The Kier molecular flexibility index (Phi) is 3.61. The highest BCUT2D eigenvalue weighted by Crippen LogP contribution is 2.17. The van der Waals surface area contributed by atoms with Crippen molar-refractivity contribution in [2.45, 2.75) is 32.1 Å². The molecule has 88 valence electrons. The molecule has 0 saturated carbocycles. The molecule has 0 aromatic heterocycles. The first-order chi connectivity index (χ1) is 7.15. The van der Waals surface area contributed by atoms with Crippen molar-refractivity contribution in [3.8, 4) is 0 Å². The van der Waals surface area contributed by atoms with Crippen molar-refractivity contribution in [2.24, 2.45) is 11.7 Å². The van der Waals surface area contributed by atoms with Crippen LogP contribution in [0.1, 0.15) is 13.8 Å². The van der Waals surface area contributed by atoms with Crippen LogP contribution < -0.4 is 5.73 Å². The molecule has 2 unspecified atom stereocenters. The van der Waals surface area contributed by atoms with Crippen molar-refractivity contribution < 1.29 is 9.47 Å². The quantitative estimate of drug-likeness (QED) is 0.706. The van der Waals surface area contributed by atoms with Gasteiger partial charge < -0.3 is 15.2 Å². The monoisotopic (exact) mass is 214 g/mol. The van der Waals surface area contributed by atoms with Gasteiger partial charge in [0.15, 0.2) is 0 Å². The van der Waals surface area contributed by atoms with Gasteiger partial charge in [-0.25, -0.2) is 0 Å². The van der Waals surface area contributed by atoms with Gasteiger partial charge in [-0.2, -0.15) is 0 Å². The summed E-state index contributed by atoms with van der Waals surface area (Å²) in [5.41, 5.74) is 5.98. The molecule has 4 heteroatoms. The van der Waals surface area contributed by atoms with Crippen molar-refractivity contribution in [1.29, 1.82) is 0 Å². The van der Waals surface area contributed by atoms with E-state index in [0.29, 0.717) is 18.1 Å². The second-order valence-electron chi connectivity index (χ2n) is 4.94. The summed E-state index contributed by atoms with van der Waals surface area (Å²) in [6.45, 7) is 8.91. The highest BCUT2D eigenvalue weighted by molar-refractivity contribution is 4.83. The molecule has 0 aromatic carbocycles. The minimum atomic E-state index is 0.221. The lowest BCUT2D eigenvalue weighted by Crippen LogP contribution is -2.49. The third-order valence-corrected chi connectivity index (χ3v) is 3.24. The molecule has 2 saturated heterocycles. The SMILES string of the molecule is C[C@@H]1CN(CC2COCC2N)C[C@H](C)O1. The van der Waals surface area contributed by atoms with Gasteiger partial charge in [0.05, 0.1) is 25.4 Å². The van der Waals surface area contributed by atoms with Crippen LogP contribution in [-0.2, 0) is 9.47 Å². The first-order valence-electron chi connectivity index (χ1n) is 5.86. The number of rotatable bonds is 2. The van der Waals surface area contributed by atoms with Gasteiger partial charge in [0.1, 0.15) is 0 Å². The Hall–Kier alpha value is -0.160. The standard InChI is InChI=1S/C11H22N2O2/c1-8-3-13(4-9(2)15-8)5-10-6-14-7-11(10)12/h8-11H,3-7,12H2,1-2H3/t8-,9+,10?,11?. The molecule has 0 bridgehead atoms. The molecule has 4 atom stereocenters. The molecule has 2 heterocycles. The second-order valence-corrected chi connectivity index (χ2v) is 4.94. The maximum Gasteiger partial charge on any atom is 0.0678 e. The third kappa shape index (κ3) is 2.91. The van der Waals surface area contributed by atoms with Crippen LogP contribution in [0.5, 0.6) is 0 Å². The molecule has 0 radical (unpaired) electrons. The summed E-state index contributed by atoms with van der Waals surface area (Å²) in [7, 11) is 0. The summed E-state index contributed by atoms with van der Waals surface area (Å²) >= 11 is 0. The van der Waals surface area contributed by atoms with E-state index in [-0.39, 0.29) is 6.04 Å². The van der Waals surface area contributed by atoms with E-state index in [1.165, 1.54) is 0 Å². The lowest BCUT2D eigenvalue weighted by Gasteiger charge is -2.36. The average Bonchev–Trinajstić information content (AvgIpc) is 2.50. The zero-order chi connectivity index (χ0) is 10.8. The van der Waals surface area contributed by atoms with E-state index in [9.17, 15) is 0 Å². The van der Waals surface area contributed by atoms with Gasteiger partial charge in [-0.3, -0.25) is 4.90 Å². The van der Waals surface area contributed by atoms with Crippen LogP contribution in [-0.4, -0.2) is 56.0 Å². The van der Waals surface area contributed by atoms with Crippen molar-refractivity contribution in [3.05, 3.63) is 0 Å². The maximum absolute atomic E-state index is 5.98. The normalized spacial score (nSPS) is 43.4. The van der Waals surface area contributed by atoms with E-state index in [4.69, 9.17) is 15.2 Å². The zero-order valence-electron chi connectivity index (χ0n) is 9.69. The summed E-state index contributed by atoms with van der Waals surface area (Å²) in [6.07, 6.45) is 0.680. The van der Waals surface area contributed by atoms with E-state index in [0.717, 1.165) is 32.8 Å². The number of hydrogen-bond donors (Lipinski definition) is 1. The number of nitrogens with zero attached hydrogens (tertiary/aromatic N) is 1. The predicted molar refractivity (Wildman–Crippen MR) is 58.7 cm³/mol.